The number of amides is 1. The lowest BCUT2D eigenvalue weighted by atomic mass is 10.2. The number of nitrogens with one attached hydrogen (secondary N) is 1. The molecule has 23 heavy (non-hydrogen) atoms. The van der Waals surface area contributed by atoms with Crippen LogP contribution in [0, 0.1) is 0 Å². The van der Waals surface area contributed by atoms with Crippen LogP contribution in [0.4, 0.5) is 11.4 Å². The number of piperidine rings is 1. The molecule has 126 valence electrons. The van der Waals surface area contributed by atoms with E-state index in [-0.39, 0.29) is 10.8 Å². The molecule has 0 bridgehead atoms. The Labute approximate surface area is 137 Å². The molecular weight excluding hydrogens is 314 g/mol. The average Bonchev–Trinajstić information content (AvgIpc) is 2.55. The number of sulfonamides is 1. The van der Waals surface area contributed by atoms with Gasteiger partial charge >= 0.3 is 0 Å². The number of nitrogens with zero attached hydrogens (tertiary/aromatic N) is 2. The summed E-state index contributed by atoms with van der Waals surface area (Å²) in [6.07, 6.45) is 3.99. The van der Waals surface area contributed by atoms with E-state index in [9.17, 15) is 13.2 Å². The summed E-state index contributed by atoms with van der Waals surface area (Å²) in [5.41, 5.74) is 1.19. The zero-order valence-corrected chi connectivity index (χ0v) is 14.4. The van der Waals surface area contributed by atoms with Crippen molar-refractivity contribution in [2.45, 2.75) is 24.2 Å². The fraction of sp³-hybridized carbons (Fsp3) is 0.438. The molecule has 1 aliphatic rings. The van der Waals surface area contributed by atoms with Gasteiger partial charge in [-0.1, -0.05) is 13.0 Å². The minimum absolute atomic E-state index is 0.198. The van der Waals surface area contributed by atoms with E-state index in [1.54, 1.807) is 12.1 Å². The van der Waals surface area contributed by atoms with Gasteiger partial charge in [0, 0.05) is 27.2 Å². The van der Waals surface area contributed by atoms with Gasteiger partial charge in [0.2, 0.25) is 15.9 Å². The Hall–Kier alpha value is -1.86. The molecule has 1 aromatic rings. The highest BCUT2D eigenvalue weighted by Crippen LogP contribution is 2.30. The summed E-state index contributed by atoms with van der Waals surface area (Å²) < 4.78 is 27.0. The van der Waals surface area contributed by atoms with Crippen molar-refractivity contribution in [1.82, 2.24) is 4.31 Å². The molecule has 0 aromatic heterocycles. The number of carbonyl (C=O) groups is 1. The Balaban J connectivity index is 2.41. The smallest absolute Gasteiger partial charge is 0.247 e. The zero-order chi connectivity index (χ0) is 17.0. The highest BCUT2D eigenvalue weighted by molar-refractivity contribution is 7.89. The summed E-state index contributed by atoms with van der Waals surface area (Å²) in [5, 5.41) is 2.68. The van der Waals surface area contributed by atoms with Crippen LogP contribution in [0.3, 0.4) is 0 Å². The minimum atomic E-state index is -3.53. The van der Waals surface area contributed by atoms with E-state index in [1.165, 1.54) is 10.4 Å². The van der Waals surface area contributed by atoms with Gasteiger partial charge in [-0.2, -0.15) is 4.31 Å². The van der Waals surface area contributed by atoms with Gasteiger partial charge in [0.1, 0.15) is 0 Å². The van der Waals surface area contributed by atoms with Gasteiger partial charge < -0.3 is 10.2 Å². The van der Waals surface area contributed by atoms with Crippen molar-refractivity contribution in [2.24, 2.45) is 0 Å². The van der Waals surface area contributed by atoms with Gasteiger partial charge in [-0.05, 0) is 37.1 Å². The molecule has 1 aromatic carbocycles. The summed E-state index contributed by atoms with van der Waals surface area (Å²) in [7, 11) is 0.130. The maximum atomic E-state index is 12.8. The molecule has 2 rings (SSSR count). The second kappa shape index (κ2) is 7.14. The van der Waals surface area contributed by atoms with Crippen LogP contribution >= 0.6 is 0 Å². The third kappa shape index (κ3) is 3.92. The second-order valence-corrected chi connectivity index (χ2v) is 7.67. The molecule has 0 radical (unpaired) electrons. The number of carbonyl (C=O) groups excluding carboxylic acids is 1. The number of rotatable bonds is 5. The number of anilines is 2. The van der Waals surface area contributed by atoms with Gasteiger partial charge in [0.05, 0.1) is 16.3 Å². The number of hydrogen-bond acceptors (Lipinski definition) is 4. The Bertz CT molecular complexity index is 693. The van der Waals surface area contributed by atoms with Gasteiger partial charge in [-0.15, -0.1) is 0 Å². The fourth-order valence-corrected chi connectivity index (χ4v) is 4.15. The molecule has 1 saturated heterocycles. The molecule has 0 saturated carbocycles. The first-order valence-electron chi connectivity index (χ1n) is 7.61. The Morgan fingerprint density at radius 1 is 1.26 bits per heavy atom. The Kier molecular flexibility index (Phi) is 5.43. The van der Waals surface area contributed by atoms with Crippen molar-refractivity contribution < 1.29 is 13.2 Å². The van der Waals surface area contributed by atoms with Crippen LogP contribution in [0.25, 0.3) is 0 Å². The predicted octanol–water partition coefficient (Wildman–Crippen LogP) is 2.05. The Morgan fingerprint density at radius 3 is 2.48 bits per heavy atom. The molecule has 1 heterocycles. The second-order valence-electron chi connectivity index (χ2n) is 5.73. The molecule has 1 amide bonds. The third-order valence-corrected chi connectivity index (χ3v) is 5.74. The number of benzene rings is 1. The van der Waals surface area contributed by atoms with Crippen molar-refractivity contribution in [3.8, 4) is 0 Å². The fourth-order valence-electron chi connectivity index (χ4n) is 2.60. The number of hydrogen-bond donors (Lipinski definition) is 1. The van der Waals surface area contributed by atoms with Crippen molar-refractivity contribution in [2.75, 3.05) is 37.4 Å². The summed E-state index contributed by atoms with van der Waals surface area (Å²) in [6, 6.07) is 4.80. The molecule has 0 unspecified atom stereocenters. The topological polar surface area (TPSA) is 69.7 Å². The van der Waals surface area contributed by atoms with Gasteiger partial charge in [0.15, 0.2) is 0 Å². The molecule has 0 aliphatic carbocycles. The van der Waals surface area contributed by atoms with Crippen molar-refractivity contribution in [3.05, 3.63) is 30.9 Å². The van der Waals surface area contributed by atoms with Crippen molar-refractivity contribution in [3.63, 3.8) is 0 Å². The van der Waals surface area contributed by atoms with Crippen LogP contribution < -0.4 is 10.2 Å². The van der Waals surface area contributed by atoms with Gasteiger partial charge in [0.25, 0.3) is 0 Å². The molecule has 1 fully saturated rings. The van der Waals surface area contributed by atoms with E-state index >= 15 is 0 Å². The van der Waals surface area contributed by atoms with Crippen molar-refractivity contribution >= 4 is 27.3 Å². The van der Waals surface area contributed by atoms with Crippen LogP contribution in [0.15, 0.2) is 35.7 Å². The average molecular weight is 337 g/mol. The van der Waals surface area contributed by atoms with Gasteiger partial charge in [-0.25, -0.2) is 8.42 Å². The van der Waals surface area contributed by atoms with Crippen LogP contribution in [0.5, 0.6) is 0 Å². The van der Waals surface area contributed by atoms with Crippen LogP contribution in [-0.2, 0) is 14.8 Å². The van der Waals surface area contributed by atoms with E-state index in [0.717, 1.165) is 31.0 Å². The monoisotopic (exact) mass is 337 g/mol. The van der Waals surface area contributed by atoms with E-state index < -0.39 is 10.0 Å². The zero-order valence-electron chi connectivity index (χ0n) is 13.6. The largest absolute Gasteiger partial charge is 0.376 e. The summed E-state index contributed by atoms with van der Waals surface area (Å²) in [6.45, 7) is 4.52. The predicted molar refractivity (Wildman–Crippen MR) is 92.2 cm³/mol. The lowest BCUT2D eigenvalue weighted by Crippen LogP contribution is -2.35. The first kappa shape index (κ1) is 17.5. The lowest BCUT2D eigenvalue weighted by molar-refractivity contribution is -0.111. The lowest BCUT2D eigenvalue weighted by Gasteiger charge is -2.26. The normalized spacial score (nSPS) is 15.9. The van der Waals surface area contributed by atoms with E-state index in [0.29, 0.717) is 18.8 Å². The molecule has 7 heteroatoms. The van der Waals surface area contributed by atoms with Crippen LogP contribution in [0.1, 0.15) is 19.3 Å². The van der Waals surface area contributed by atoms with Crippen LogP contribution in [0.2, 0.25) is 0 Å². The maximum Gasteiger partial charge on any atom is 0.247 e. The summed E-state index contributed by atoms with van der Waals surface area (Å²) in [4.78, 5) is 13.6. The molecule has 1 aliphatic heterocycles. The summed E-state index contributed by atoms with van der Waals surface area (Å²) >= 11 is 0. The van der Waals surface area contributed by atoms with E-state index in [1.807, 2.05) is 19.0 Å². The first-order chi connectivity index (χ1) is 10.9. The molecule has 6 nitrogen and oxygen atoms in total. The van der Waals surface area contributed by atoms with Crippen LogP contribution in [-0.4, -0.2) is 45.8 Å². The van der Waals surface area contributed by atoms with E-state index in [2.05, 4.69) is 11.9 Å². The quantitative estimate of drug-likeness (QED) is 0.835. The minimum Gasteiger partial charge on any atom is -0.376 e. The van der Waals surface area contributed by atoms with Crippen molar-refractivity contribution in [1.29, 1.82) is 0 Å². The SMILES string of the molecule is C=CC(=O)Nc1cc(S(=O)(=O)N2CCCCC2)ccc1N(C)C. The summed E-state index contributed by atoms with van der Waals surface area (Å²) in [5.74, 6) is -0.374. The Morgan fingerprint density at radius 2 is 1.91 bits per heavy atom. The highest BCUT2D eigenvalue weighted by atomic mass is 32.2. The molecular formula is C16H23N3O3S. The molecule has 1 N–H and O–H groups in total. The maximum absolute atomic E-state index is 12.8. The highest BCUT2D eigenvalue weighted by Gasteiger charge is 2.26. The standard InChI is InChI=1S/C16H23N3O3S/c1-4-16(20)17-14-12-13(8-9-15(14)18(2)3)23(21,22)19-10-6-5-7-11-19/h4,8-9,12H,1,5-7,10-11H2,2-3H3,(H,17,20). The van der Waals surface area contributed by atoms with Gasteiger partial charge in [-0.3, -0.25) is 4.79 Å². The third-order valence-electron chi connectivity index (χ3n) is 3.85. The molecule has 0 spiro atoms. The first-order valence-corrected chi connectivity index (χ1v) is 9.05. The molecule has 0 atom stereocenters. The van der Waals surface area contributed by atoms with E-state index in [4.69, 9.17) is 0 Å².